The Kier molecular flexibility index (Phi) is 5.66. The number of phenolic OH excluding ortho intramolecular Hbond substituents is 1. The number of para-hydroxylation sites is 2. The van der Waals surface area contributed by atoms with Crippen LogP contribution in [0.15, 0.2) is 72.8 Å². The summed E-state index contributed by atoms with van der Waals surface area (Å²) in [4.78, 5) is 11.4. The smallest absolute Gasteiger partial charge is 0.229 e. The van der Waals surface area contributed by atoms with Crippen molar-refractivity contribution in [2.24, 2.45) is 0 Å². The molecule has 2 N–H and O–H groups in total. The summed E-state index contributed by atoms with van der Waals surface area (Å²) in [6, 6.07) is 23.1. The van der Waals surface area contributed by atoms with Gasteiger partial charge in [-0.1, -0.05) is 30.3 Å². The molecule has 5 nitrogen and oxygen atoms in total. The molecule has 0 unspecified atom stereocenters. The Morgan fingerprint density at radius 1 is 0.857 bits per heavy atom. The number of nitrogens with one attached hydrogen (secondary N) is 1. The summed E-state index contributed by atoms with van der Waals surface area (Å²) in [5.41, 5.74) is 3.90. The van der Waals surface area contributed by atoms with E-state index in [4.69, 9.17) is 4.98 Å². The summed E-state index contributed by atoms with van der Waals surface area (Å²) in [5.74, 6) is 1.58. The van der Waals surface area contributed by atoms with Crippen molar-refractivity contribution in [2.45, 2.75) is 6.92 Å². The van der Waals surface area contributed by atoms with Crippen molar-refractivity contribution in [2.75, 3.05) is 17.3 Å². The van der Waals surface area contributed by atoms with E-state index in [0.29, 0.717) is 5.95 Å². The number of nitrogens with zero attached hydrogens (tertiary/aromatic N) is 3. The van der Waals surface area contributed by atoms with Crippen molar-refractivity contribution in [3.05, 3.63) is 78.4 Å². The first kappa shape index (κ1) is 19.5. The second-order valence-electron chi connectivity index (χ2n) is 6.40. The molecule has 0 atom stereocenters. The number of anilines is 4. The second-order valence-corrected chi connectivity index (χ2v) is 6.40. The van der Waals surface area contributed by atoms with Gasteiger partial charge in [-0.25, -0.2) is 4.98 Å². The van der Waals surface area contributed by atoms with Crippen LogP contribution in [0.1, 0.15) is 5.56 Å². The van der Waals surface area contributed by atoms with E-state index in [0.717, 1.165) is 33.7 Å². The van der Waals surface area contributed by atoms with E-state index < -0.39 is 0 Å². The molecule has 0 saturated carbocycles. The minimum atomic E-state index is 0. The number of rotatable bonds is 4. The predicted octanol–water partition coefficient (Wildman–Crippen LogP) is 5.58. The Balaban J connectivity index is 0.00000225. The lowest BCUT2D eigenvalue weighted by Gasteiger charge is -2.21. The molecule has 0 aliphatic heterocycles. The average molecular weight is 393 g/mol. The van der Waals surface area contributed by atoms with E-state index in [-0.39, 0.29) is 18.2 Å². The third-order valence-electron chi connectivity index (χ3n) is 4.53. The number of aromatic nitrogens is 2. The van der Waals surface area contributed by atoms with E-state index in [9.17, 15) is 5.11 Å². The second kappa shape index (κ2) is 8.15. The van der Waals surface area contributed by atoms with Crippen LogP contribution in [0.5, 0.6) is 5.75 Å². The Labute approximate surface area is 170 Å². The van der Waals surface area contributed by atoms with Crippen molar-refractivity contribution < 1.29 is 5.11 Å². The van der Waals surface area contributed by atoms with Crippen molar-refractivity contribution in [3.8, 4) is 5.75 Å². The molecule has 0 bridgehead atoms. The van der Waals surface area contributed by atoms with E-state index >= 15 is 0 Å². The fraction of sp³-hybridized carbons (Fsp3) is 0.0909. The summed E-state index contributed by atoms with van der Waals surface area (Å²) in [5, 5.41) is 13.9. The zero-order chi connectivity index (χ0) is 18.8. The number of aryl methyl sites for hydroxylation is 1. The average Bonchev–Trinajstić information content (AvgIpc) is 2.69. The highest BCUT2D eigenvalue weighted by molar-refractivity contribution is 5.92. The molecule has 0 aliphatic rings. The number of hydrogen-bond donors (Lipinski definition) is 2. The van der Waals surface area contributed by atoms with Crippen LogP contribution in [-0.2, 0) is 0 Å². The fourth-order valence-electron chi connectivity index (χ4n) is 3.00. The van der Waals surface area contributed by atoms with Crippen LogP contribution >= 0.6 is 12.4 Å². The maximum absolute atomic E-state index is 9.56. The van der Waals surface area contributed by atoms with Crippen LogP contribution in [-0.4, -0.2) is 22.1 Å². The van der Waals surface area contributed by atoms with Crippen LogP contribution in [0.3, 0.4) is 0 Å². The van der Waals surface area contributed by atoms with Gasteiger partial charge in [0.25, 0.3) is 0 Å². The molecule has 0 amide bonds. The van der Waals surface area contributed by atoms with E-state index in [1.54, 1.807) is 12.1 Å². The van der Waals surface area contributed by atoms with Crippen LogP contribution in [0.4, 0.5) is 23.1 Å². The molecular weight excluding hydrogens is 372 g/mol. The summed E-state index contributed by atoms with van der Waals surface area (Å²) in [6.45, 7) is 2.05. The monoisotopic (exact) mass is 392 g/mol. The zero-order valence-corrected chi connectivity index (χ0v) is 16.4. The third kappa shape index (κ3) is 3.85. The molecular formula is C22H21ClN4O. The molecule has 4 rings (SSSR count). The quantitative estimate of drug-likeness (QED) is 0.475. The minimum Gasteiger partial charge on any atom is -0.508 e. The molecule has 142 valence electrons. The first-order valence-corrected chi connectivity index (χ1v) is 8.74. The lowest BCUT2D eigenvalue weighted by atomic mass is 10.2. The van der Waals surface area contributed by atoms with E-state index in [1.165, 1.54) is 0 Å². The van der Waals surface area contributed by atoms with Crippen LogP contribution in [0.25, 0.3) is 10.9 Å². The number of fused-ring (bicyclic) bond motifs is 1. The highest BCUT2D eigenvalue weighted by Gasteiger charge is 2.13. The van der Waals surface area contributed by atoms with Gasteiger partial charge in [-0.05, 0) is 55.0 Å². The number of aromatic hydroxyl groups is 1. The molecule has 1 heterocycles. The lowest BCUT2D eigenvalue weighted by Crippen LogP contribution is -2.13. The zero-order valence-electron chi connectivity index (χ0n) is 15.6. The van der Waals surface area contributed by atoms with Crippen molar-refractivity contribution in [3.63, 3.8) is 0 Å². The first-order chi connectivity index (χ1) is 13.1. The Hall–Kier alpha value is -3.31. The molecule has 28 heavy (non-hydrogen) atoms. The normalized spacial score (nSPS) is 10.4. The summed E-state index contributed by atoms with van der Waals surface area (Å²) < 4.78 is 0. The fourth-order valence-corrected chi connectivity index (χ4v) is 3.00. The van der Waals surface area contributed by atoms with Crippen molar-refractivity contribution >= 4 is 46.5 Å². The molecule has 3 aromatic carbocycles. The molecule has 0 radical (unpaired) electrons. The topological polar surface area (TPSA) is 61.3 Å². The summed E-state index contributed by atoms with van der Waals surface area (Å²) in [7, 11) is 1.96. The van der Waals surface area contributed by atoms with Gasteiger partial charge in [0.2, 0.25) is 5.95 Å². The highest BCUT2D eigenvalue weighted by Crippen LogP contribution is 2.31. The SMILES string of the molecule is Cc1ccccc1Nc1nc(N(C)c2ccc(O)cc2)c2ccccc2n1.Cl. The van der Waals surface area contributed by atoms with Gasteiger partial charge in [-0.2, -0.15) is 4.98 Å². The number of benzene rings is 3. The van der Waals surface area contributed by atoms with Gasteiger partial charge in [-0.3, -0.25) is 0 Å². The van der Waals surface area contributed by atoms with Crippen LogP contribution < -0.4 is 10.2 Å². The number of phenols is 1. The predicted molar refractivity (Wildman–Crippen MR) is 117 cm³/mol. The minimum absolute atomic E-state index is 0. The van der Waals surface area contributed by atoms with Crippen LogP contribution in [0, 0.1) is 6.92 Å². The van der Waals surface area contributed by atoms with Gasteiger partial charge < -0.3 is 15.3 Å². The standard InChI is InChI=1S/C22H20N4O.ClH/c1-15-7-3-5-9-19(15)23-22-24-20-10-6-4-8-18(20)21(25-22)26(2)16-11-13-17(27)14-12-16;/h3-14,27H,1-2H3,(H,23,24,25);1H. The van der Waals surface area contributed by atoms with Gasteiger partial charge in [0.05, 0.1) is 5.52 Å². The van der Waals surface area contributed by atoms with Crippen molar-refractivity contribution in [1.29, 1.82) is 0 Å². The number of halogens is 1. The summed E-state index contributed by atoms with van der Waals surface area (Å²) >= 11 is 0. The van der Waals surface area contributed by atoms with E-state index in [2.05, 4.69) is 10.3 Å². The largest absolute Gasteiger partial charge is 0.508 e. The van der Waals surface area contributed by atoms with Gasteiger partial charge in [0.15, 0.2) is 0 Å². The molecule has 0 saturated heterocycles. The maximum atomic E-state index is 9.56. The highest BCUT2D eigenvalue weighted by atomic mass is 35.5. The maximum Gasteiger partial charge on any atom is 0.229 e. The van der Waals surface area contributed by atoms with Gasteiger partial charge in [0, 0.05) is 23.8 Å². The van der Waals surface area contributed by atoms with Crippen molar-refractivity contribution in [1.82, 2.24) is 9.97 Å². The lowest BCUT2D eigenvalue weighted by molar-refractivity contribution is 0.475. The Morgan fingerprint density at radius 2 is 1.54 bits per heavy atom. The molecule has 0 aliphatic carbocycles. The van der Waals surface area contributed by atoms with Crippen LogP contribution in [0.2, 0.25) is 0 Å². The molecule has 0 fully saturated rings. The molecule has 1 aromatic heterocycles. The summed E-state index contributed by atoms with van der Waals surface area (Å²) in [6.07, 6.45) is 0. The molecule has 4 aromatic rings. The number of hydrogen-bond acceptors (Lipinski definition) is 5. The van der Waals surface area contributed by atoms with E-state index in [1.807, 2.05) is 79.5 Å². The Bertz CT molecular complexity index is 1100. The Morgan fingerprint density at radius 3 is 2.29 bits per heavy atom. The third-order valence-corrected chi connectivity index (χ3v) is 4.53. The van der Waals surface area contributed by atoms with Gasteiger partial charge >= 0.3 is 0 Å². The molecule has 0 spiro atoms. The molecule has 6 heteroatoms. The van der Waals surface area contributed by atoms with Gasteiger partial charge in [0.1, 0.15) is 11.6 Å². The first-order valence-electron chi connectivity index (χ1n) is 8.74. The van der Waals surface area contributed by atoms with Gasteiger partial charge in [-0.15, -0.1) is 12.4 Å².